The molecule has 1 aliphatic carbocycles. The summed E-state index contributed by atoms with van der Waals surface area (Å²) in [4.78, 5) is 17.9. The Kier molecular flexibility index (Phi) is 4.07. The van der Waals surface area contributed by atoms with E-state index in [1.807, 2.05) is 13.8 Å². The van der Waals surface area contributed by atoms with Crippen molar-refractivity contribution >= 4 is 5.91 Å². The standard InChI is InChI=1S/C20H27N5O2/c1-12-17(13(2)27-23-12)11-24-8-14-6-7-15(10-24)25(9-14)20(26)19-16-4-3-5-18(16)21-22-19/h14-15H,3-11H2,1-2H3,(H,21,22)/t14-,15+/m0/s1. The van der Waals surface area contributed by atoms with E-state index in [0.717, 1.165) is 68.9 Å². The fourth-order valence-corrected chi connectivity index (χ4v) is 5.14. The van der Waals surface area contributed by atoms with E-state index in [2.05, 4.69) is 25.2 Å². The smallest absolute Gasteiger partial charge is 0.274 e. The van der Waals surface area contributed by atoms with Crippen LogP contribution in [-0.4, -0.2) is 56.7 Å². The van der Waals surface area contributed by atoms with Gasteiger partial charge < -0.3 is 9.42 Å². The fourth-order valence-electron chi connectivity index (χ4n) is 5.14. The van der Waals surface area contributed by atoms with Crippen LogP contribution in [0, 0.1) is 19.8 Å². The number of aromatic amines is 1. The summed E-state index contributed by atoms with van der Waals surface area (Å²) in [7, 11) is 0. The fraction of sp³-hybridized carbons (Fsp3) is 0.650. The van der Waals surface area contributed by atoms with Gasteiger partial charge >= 0.3 is 0 Å². The number of hydrogen-bond acceptors (Lipinski definition) is 5. The lowest BCUT2D eigenvalue weighted by Gasteiger charge is -2.36. The summed E-state index contributed by atoms with van der Waals surface area (Å²) in [6.45, 7) is 7.64. The zero-order valence-electron chi connectivity index (χ0n) is 16.1. The van der Waals surface area contributed by atoms with Gasteiger partial charge in [-0.05, 0) is 51.9 Å². The van der Waals surface area contributed by atoms with Crippen molar-refractivity contribution in [2.75, 3.05) is 19.6 Å². The van der Waals surface area contributed by atoms with Gasteiger partial charge in [0.05, 0.1) is 5.69 Å². The molecule has 2 bridgehead atoms. The van der Waals surface area contributed by atoms with Crippen molar-refractivity contribution in [2.24, 2.45) is 5.92 Å². The molecule has 7 heteroatoms. The summed E-state index contributed by atoms with van der Waals surface area (Å²) in [5.41, 5.74) is 5.17. The predicted molar refractivity (Wildman–Crippen MR) is 99.4 cm³/mol. The summed E-state index contributed by atoms with van der Waals surface area (Å²) < 4.78 is 5.34. The SMILES string of the molecule is Cc1noc(C)c1CN1C[C@@H]2CC[C@H](C1)N(C(=O)c1n[nH]c3c1CCC3)C2. The molecule has 0 radical (unpaired) electrons. The number of rotatable bonds is 3. The van der Waals surface area contributed by atoms with Crippen LogP contribution in [0.5, 0.6) is 0 Å². The molecule has 4 aliphatic rings. The monoisotopic (exact) mass is 369 g/mol. The number of nitrogens with one attached hydrogen (secondary N) is 1. The van der Waals surface area contributed by atoms with Crippen molar-refractivity contribution < 1.29 is 9.32 Å². The van der Waals surface area contributed by atoms with E-state index in [-0.39, 0.29) is 11.9 Å². The molecule has 0 unspecified atom stereocenters. The van der Waals surface area contributed by atoms with Crippen molar-refractivity contribution in [3.63, 3.8) is 0 Å². The second-order valence-electron chi connectivity index (χ2n) is 8.43. The second kappa shape index (κ2) is 6.48. The molecule has 3 saturated heterocycles. The normalized spacial score (nSPS) is 25.0. The highest BCUT2D eigenvalue weighted by atomic mass is 16.5. The van der Waals surface area contributed by atoms with Gasteiger partial charge in [0.1, 0.15) is 5.76 Å². The molecular weight excluding hydrogens is 342 g/mol. The highest BCUT2D eigenvalue weighted by Gasteiger charge is 2.39. The molecule has 1 amide bonds. The highest BCUT2D eigenvalue weighted by molar-refractivity contribution is 5.94. The Hall–Kier alpha value is -2.15. The van der Waals surface area contributed by atoms with E-state index < -0.39 is 0 Å². The first kappa shape index (κ1) is 17.0. The molecule has 3 fully saturated rings. The molecule has 3 aliphatic heterocycles. The summed E-state index contributed by atoms with van der Waals surface area (Å²) >= 11 is 0. The van der Waals surface area contributed by atoms with Crippen molar-refractivity contribution in [3.05, 3.63) is 34.0 Å². The van der Waals surface area contributed by atoms with Crippen LogP contribution in [0.3, 0.4) is 0 Å². The molecule has 144 valence electrons. The molecule has 2 aromatic heterocycles. The molecule has 0 spiro atoms. The van der Waals surface area contributed by atoms with Crippen LogP contribution in [0.25, 0.3) is 0 Å². The van der Waals surface area contributed by atoms with Crippen LogP contribution >= 0.6 is 0 Å². The molecule has 0 saturated carbocycles. The van der Waals surface area contributed by atoms with Gasteiger partial charge in [-0.3, -0.25) is 14.8 Å². The number of piperidine rings is 1. The Balaban J connectivity index is 1.36. The molecule has 27 heavy (non-hydrogen) atoms. The van der Waals surface area contributed by atoms with Crippen LogP contribution in [0.2, 0.25) is 0 Å². The molecule has 1 N–H and O–H groups in total. The number of aryl methyl sites for hydroxylation is 3. The average Bonchev–Trinajstić information content (AvgIpc) is 3.27. The van der Waals surface area contributed by atoms with E-state index in [4.69, 9.17) is 4.52 Å². The minimum absolute atomic E-state index is 0.128. The minimum atomic E-state index is 0.128. The van der Waals surface area contributed by atoms with E-state index >= 15 is 0 Å². The van der Waals surface area contributed by atoms with Crippen molar-refractivity contribution in [3.8, 4) is 0 Å². The number of carbonyl (C=O) groups is 1. The summed E-state index contributed by atoms with van der Waals surface area (Å²) in [6, 6.07) is 0.269. The van der Waals surface area contributed by atoms with Gasteiger partial charge in [-0.25, -0.2) is 0 Å². The molecule has 2 atom stereocenters. The second-order valence-corrected chi connectivity index (χ2v) is 8.43. The summed E-state index contributed by atoms with van der Waals surface area (Å²) in [5, 5.41) is 11.6. The maximum Gasteiger partial charge on any atom is 0.274 e. The van der Waals surface area contributed by atoms with E-state index in [1.165, 1.54) is 17.7 Å². The van der Waals surface area contributed by atoms with E-state index in [9.17, 15) is 4.79 Å². The number of H-pyrrole nitrogens is 1. The van der Waals surface area contributed by atoms with Gasteiger partial charge in [0.2, 0.25) is 0 Å². The molecular formula is C20H27N5O2. The van der Waals surface area contributed by atoms with Gasteiger partial charge in [0.15, 0.2) is 5.69 Å². The highest BCUT2D eigenvalue weighted by Crippen LogP contribution is 2.32. The maximum atomic E-state index is 13.3. The Morgan fingerprint density at radius 3 is 2.93 bits per heavy atom. The first-order chi connectivity index (χ1) is 13.1. The van der Waals surface area contributed by atoms with Gasteiger partial charge in [-0.1, -0.05) is 5.16 Å². The number of fused-ring (bicyclic) bond motifs is 5. The predicted octanol–water partition coefficient (Wildman–Crippen LogP) is 2.24. The quantitative estimate of drug-likeness (QED) is 0.898. The lowest BCUT2D eigenvalue weighted by molar-refractivity contribution is 0.0577. The lowest BCUT2D eigenvalue weighted by atomic mass is 9.94. The third-order valence-electron chi connectivity index (χ3n) is 6.62. The number of carbonyl (C=O) groups excluding carboxylic acids is 1. The van der Waals surface area contributed by atoms with Crippen molar-refractivity contribution in [1.29, 1.82) is 0 Å². The largest absolute Gasteiger partial charge is 0.361 e. The minimum Gasteiger partial charge on any atom is -0.361 e. The summed E-state index contributed by atoms with van der Waals surface area (Å²) in [6.07, 6.45) is 5.41. The van der Waals surface area contributed by atoms with Crippen molar-refractivity contribution in [2.45, 2.75) is 58.5 Å². The number of amides is 1. The zero-order chi connectivity index (χ0) is 18.5. The first-order valence-electron chi connectivity index (χ1n) is 10.1. The number of hydrogen-bond donors (Lipinski definition) is 1. The molecule has 6 rings (SSSR count). The number of aromatic nitrogens is 3. The van der Waals surface area contributed by atoms with Gasteiger partial charge in [0.25, 0.3) is 5.91 Å². The van der Waals surface area contributed by atoms with Gasteiger partial charge in [0, 0.05) is 49.0 Å². The summed E-state index contributed by atoms with van der Waals surface area (Å²) in [5.74, 6) is 1.56. The molecule has 0 aromatic carbocycles. The third kappa shape index (κ3) is 2.88. The van der Waals surface area contributed by atoms with Crippen LogP contribution in [-0.2, 0) is 19.4 Å². The Morgan fingerprint density at radius 1 is 1.22 bits per heavy atom. The maximum absolute atomic E-state index is 13.3. The van der Waals surface area contributed by atoms with E-state index in [0.29, 0.717) is 11.6 Å². The lowest BCUT2D eigenvalue weighted by Crippen LogP contribution is -2.47. The third-order valence-corrected chi connectivity index (χ3v) is 6.62. The van der Waals surface area contributed by atoms with Crippen LogP contribution in [0.4, 0.5) is 0 Å². The first-order valence-corrected chi connectivity index (χ1v) is 10.1. The van der Waals surface area contributed by atoms with Crippen LogP contribution in [0.15, 0.2) is 4.52 Å². The van der Waals surface area contributed by atoms with Gasteiger partial charge in [-0.2, -0.15) is 5.10 Å². The molecule has 7 nitrogen and oxygen atoms in total. The Morgan fingerprint density at radius 2 is 2.11 bits per heavy atom. The van der Waals surface area contributed by atoms with Crippen LogP contribution in [0.1, 0.15) is 58.0 Å². The number of nitrogens with zero attached hydrogens (tertiary/aromatic N) is 4. The zero-order valence-corrected chi connectivity index (χ0v) is 16.1. The average molecular weight is 369 g/mol. The Labute approximate surface area is 159 Å². The Bertz CT molecular complexity index is 850. The molecule has 2 aromatic rings. The van der Waals surface area contributed by atoms with E-state index in [1.54, 1.807) is 0 Å². The topological polar surface area (TPSA) is 78.3 Å². The molecule has 5 heterocycles. The van der Waals surface area contributed by atoms with Crippen LogP contribution < -0.4 is 0 Å². The van der Waals surface area contributed by atoms with Gasteiger partial charge in [-0.15, -0.1) is 0 Å². The van der Waals surface area contributed by atoms with Crippen molar-refractivity contribution in [1.82, 2.24) is 25.2 Å².